The van der Waals surface area contributed by atoms with Crippen LogP contribution in [0.2, 0.25) is 0 Å². The van der Waals surface area contributed by atoms with Crippen molar-refractivity contribution in [3.05, 3.63) is 84.2 Å². The van der Waals surface area contributed by atoms with E-state index in [2.05, 4.69) is 39.6 Å². The van der Waals surface area contributed by atoms with Crippen molar-refractivity contribution in [2.75, 3.05) is 7.11 Å². The van der Waals surface area contributed by atoms with Crippen molar-refractivity contribution in [3.63, 3.8) is 0 Å². The number of aromatic nitrogens is 2. The van der Waals surface area contributed by atoms with Gasteiger partial charge in [-0.3, -0.25) is 9.78 Å². The van der Waals surface area contributed by atoms with Gasteiger partial charge in [0.05, 0.1) is 19.5 Å². The standard InChI is InChI=1S/C26H29N3O3/c1-31-25-17-27-18-26(29-25)32-22-14-12-21(13-15-22)28-24(30)16-23(19-8-4-2-5-9-19)20-10-6-3-7-11-20/h2-11,17-18,21-23H,12-16H2,1H3,(H,28,30). The minimum absolute atomic E-state index is 0.0451. The molecule has 6 nitrogen and oxygen atoms in total. The van der Waals surface area contributed by atoms with Gasteiger partial charge in [-0.25, -0.2) is 0 Å². The molecule has 4 rings (SSSR count). The lowest BCUT2D eigenvalue weighted by Crippen LogP contribution is -2.40. The summed E-state index contributed by atoms with van der Waals surface area (Å²) in [6, 6.07) is 20.6. The van der Waals surface area contributed by atoms with E-state index in [1.54, 1.807) is 19.5 Å². The van der Waals surface area contributed by atoms with Crippen molar-refractivity contribution >= 4 is 5.91 Å². The third-order valence-corrected chi connectivity index (χ3v) is 5.92. The van der Waals surface area contributed by atoms with Crippen LogP contribution in [0.5, 0.6) is 11.8 Å². The SMILES string of the molecule is COc1cncc(OC2CCC(NC(=O)CC(c3ccccc3)c3ccccc3)CC2)n1. The first kappa shape index (κ1) is 21.8. The minimum Gasteiger partial charge on any atom is -0.480 e. The molecule has 3 aromatic rings. The zero-order valence-corrected chi connectivity index (χ0v) is 18.3. The van der Waals surface area contributed by atoms with Crippen LogP contribution in [0, 0.1) is 0 Å². The van der Waals surface area contributed by atoms with Gasteiger partial charge in [-0.15, -0.1) is 0 Å². The fraction of sp³-hybridized carbons (Fsp3) is 0.346. The quantitative estimate of drug-likeness (QED) is 0.568. The number of rotatable bonds is 8. The molecule has 32 heavy (non-hydrogen) atoms. The van der Waals surface area contributed by atoms with E-state index in [0.717, 1.165) is 36.8 Å². The number of nitrogens with zero attached hydrogens (tertiary/aromatic N) is 2. The van der Waals surface area contributed by atoms with Crippen LogP contribution in [0.1, 0.15) is 49.1 Å². The summed E-state index contributed by atoms with van der Waals surface area (Å²) in [6.45, 7) is 0. The number of hydrogen-bond acceptors (Lipinski definition) is 5. The molecule has 1 aromatic heterocycles. The number of nitrogens with one attached hydrogen (secondary N) is 1. The first-order valence-electron chi connectivity index (χ1n) is 11.1. The van der Waals surface area contributed by atoms with Gasteiger partial charge in [-0.1, -0.05) is 60.7 Å². The molecular weight excluding hydrogens is 402 g/mol. The predicted octanol–water partition coefficient (Wildman–Crippen LogP) is 4.51. The Labute approximate surface area is 189 Å². The van der Waals surface area contributed by atoms with Crippen LogP contribution in [0.15, 0.2) is 73.1 Å². The largest absolute Gasteiger partial charge is 0.480 e. The van der Waals surface area contributed by atoms with Crippen molar-refractivity contribution in [2.45, 2.75) is 50.2 Å². The molecule has 1 fully saturated rings. The van der Waals surface area contributed by atoms with Gasteiger partial charge in [-0.05, 0) is 36.8 Å². The first-order valence-corrected chi connectivity index (χ1v) is 11.1. The van der Waals surface area contributed by atoms with Crippen LogP contribution < -0.4 is 14.8 Å². The third-order valence-electron chi connectivity index (χ3n) is 5.92. The van der Waals surface area contributed by atoms with Crippen molar-refractivity contribution in [3.8, 4) is 11.8 Å². The van der Waals surface area contributed by atoms with E-state index >= 15 is 0 Å². The van der Waals surface area contributed by atoms with Crippen LogP contribution >= 0.6 is 0 Å². The summed E-state index contributed by atoms with van der Waals surface area (Å²) in [5.41, 5.74) is 2.32. The molecule has 0 aliphatic heterocycles. The second-order valence-electron chi connectivity index (χ2n) is 8.14. The molecule has 0 spiro atoms. The maximum Gasteiger partial charge on any atom is 0.235 e. The molecule has 0 unspecified atom stereocenters. The number of ether oxygens (including phenoxy) is 2. The fourth-order valence-corrected chi connectivity index (χ4v) is 4.25. The Morgan fingerprint density at radius 2 is 1.53 bits per heavy atom. The highest BCUT2D eigenvalue weighted by Gasteiger charge is 2.25. The van der Waals surface area contributed by atoms with Gasteiger partial charge in [0.25, 0.3) is 0 Å². The van der Waals surface area contributed by atoms with Crippen molar-refractivity contribution < 1.29 is 14.3 Å². The predicted molar refractivity (Wildman–Crippen MR) is 123 cm³/mol. The van der Waals surface area contributed by atoms with Gasteiger partial charge in [0.1, 0.15) is 6.10 Å². The smallest absolute Gasteiger partial charge is 0.235 e. The number of amides is 1. The summed E-state index contributed by atoms with van der Waals surface area (Å²) in [5.74, 6) is 1.05. The molecule has 0 bridgehead atoms. The van der Waals surface area contributed by atoms with Gasteiger partial charge < -0.3 is 14.8 Å². The van der Waals surface area contributed by atoms with E-state index < -0.39 is 0 Å². The summed E-state index contributed by atoms with van der Waals surface area (Å²) in [4.78, 5) is 21.3. The Morgan fingerprint density at radius 1 is 0.938 bits per heavy atom. The van der Waals surface area contributed by atoms with Gasteiger partial charge >= 0.3 is 0 Å². The molecule has 166 valence electrons. The van der Waals surface area contributed by atoms with E-state index in [0.29, 0.717) is 18.2 Å². The molecule has 1 saturated carbocycles. The van der Waals surface area contributed by atoms with Gasteiger partial charge in [-0.2, -0.15) is 4.98 Å². The zero-order chi connectivity index (χ0) is 22.2. The highest BCUT2D eigenvalue weighted by atomic mass is 16.5. The lowest BCUT2D eigenvalue weighted by molar-refractivity contribution is -0.122. The number of carbonyl (C=O) groups excluding carboxylic acids is 1. The summed E-state index contributed by atoms with van der Waals surface area (Å²) in [5, 5.41) is 3.25. The summed E-state index contributed by atoms with van der Waals surface area (Å²) in [6.07, 6.45) is 7.16. The molecule has 1 heterocycles. The van der Waals surface area contributed by atoms with Crippen molar-refractivity contribution in [1.29, 1.82) is 0 Å². The first-order chi connectivity index (χ1) is 15.7. The summed E-state index contributed by atoms with van der Waals surface area (Å²) in [7, 11) is 1.56. The number of hydrogen-bond donors (Lipinski definition) is 1. The molecule has 0 saturated heterocycles. The molecule has 2 aromatic carbocycles. The second kappa shape index (κ2) is 10.8. The van der Waals surface area contributed by atoms with E-state index in [-0.39, 0.29) is 24.0 Å². The minimum atomic E-state index is 0.0451. The molecule has 6 heteroatoms. The van der Waals surface area contributed by atoms with Crippen LogP contribution in [0.3, 0.4) is 0 Å². The molecule has 1 aliphatic rings. The zero-order valence-electron chi connectivity index (χ0n) is 18.3. The molecule has 1 N–H and O–H groups in total. The molecule has 1 aliphatic carbocycles. The van der Waals surface area contributed by atoms with Gasteiger partial charge in [0, 0.05) is 18.4 Å². The summed E-state index contributed by atoms with van der Waals surface area (Å²) >= 11 is 0. The fourth-order valence-electron chi connectivity index (χ4n) is 4.25. The Hall–Kier alpha value is -3.41. The van der Waals surface area contributed by atoms with Crippen molar-refractivity contribution in [1.82, 2.24) is 15.3 Å². The lowest BCUT2D eigenvalue weighted by Gasteiger charge is -2.29. The molecular formula is C26H29N3O3. The topological polar surface area (TPSA) is 73.3 Å². The van der Waals surface area contributed by atoms with Crippen LogP contribution in [-0.4, -0.2) is 35.1 Å². The monoisotopic (exact) mass is 431 g/mol. The Kier molecular flexibility index (Phi) is 7.33. The maximum absolute atomic E-state index is 12.9. The molecule has 0 atom stereocenters. The average Bonchev–Trinajstić information content (AvgIpc) is 2.85. The Balaban J connectivity index is 1.31. The Bertz CT molecular complexity index is 950. The van der Waals surface area contributed by atoms with Crippen LogP contribution in [0.4, 0.5) is 0 Å². The highest BCUT2D eigenvalue weighted by Crippen LogP contribution is 2.29. The van der Waals surface area contributed by atoms with E-state index in [1.165, 1.54) is 0 Å². The average molecular weight is 432 g/mol. The van der Waals surface area contributed by atoms with E-state index in [4.69, 9.17) is 9.47 Å². The molecule has 1 amide bonds. The van der Waals surface area contributed by atoms with Crippen LogP contribution in [0.25, 0.3) is 0 Å². The molecule has 0 radical (unpaired) electrons. The lowest BCUT2D eigenvalue weighted by atomic mass is 9.87. The van der Waals surface area contributed by atoms with Crippen LogP contribution in [-0.2, 0) is 4.79 Å². The third kappa shape index (κ3) is 5.84. The normalized spacial score (nSPS) is 18.2. The maximum atomic E-state index is 12.9. The summed E-state index contributed by atoms with van der Waals surface area (Å²) < 4.78 is 11.1. The van der Waals surface area contributed by atoms with Crippen molar-refractivity contribution in [2.24, 2.45) is 0 Å². The Morgan fingerprint density at radius 3 is 2.12 bits per heavy atom. The van der Waals surface area contributed by atoms with E-state index in [9.17, 15) is 4.79 Å². The van der Waals surface area contributed by atoms with E-state index in [1.807, 2.05) is 36.4 Å². The number of benzene rings is 2. The number of carbonyl (C=O) groups is 1. The highest BCUT2D eigenvalue weighted by molar-refractivity contribution is 5.78. The second-order valence-corrected chi connectivity index (χ2v) is 8.14. The van der Waals surface area contributed by atoms with Gasteiger partial charge in [0.2, 0.25) is 17.7 Å². The number of methoxy groups -OCH3 is 1. The van der Waals surface area contributed by atoms with Gasteiger partial charge in [0.15, 0.2) is 0 Å².